The smallest absolute Gasteiger partial charge is 0.261 e. The monoisotopic (exact) mass is 428 g/mol. The molecule has 0 aromatic heterocycles. The number of fused-ring (bicyclic) bond motifs is 1. The number of benzene rings is 2. The van der Waals surface area contributed by atoms with Crippen molar-refractivity contribution >= 4 is 27.6 Å². The van der Waals surface area contributed by atoms with E-state index >= 15 is 0 Å². The average molecular weight is 429 g/mol. The van der Waals surface area contributed by atoms with Crippen molar-refractivity contribution in [2.24, 2.45) is 0 Å². The second-order valence-corrected chi connectivity index (χ2v) is 9.23. The van der Waals surface area contributed by atoms with Crippen LogP contribution in [0, 0.1) is 0 Å². The van der Waals surface area contributed by atoms with Gasteiger partial charge >= 0.3 is 0 Å². The SMILES string of the molecule is CCCCN1C(=O)c2ccc(C(=O)NCCCS(=O)(=O)c3ccccc3)cc2C1=O. The van der Waals surface area contributed by atoms with Crippen LogP contribution in [0.1, 0.15) is 57.3 Å². The quantitative estimate of drug-likeness (QED) is 0.489. The van der Waals surface area contributed by atoms with Crippen LogP contribution in [0.3, 0.4) is 0 Å². The van der Waals surface area contributed by atoms with Crippen LogP contribution in [0.25, 0.3) is 0 Å². The van der Waals surface area contributed by atoms with Gasteiger partial charge in [-0.3, -0.25) is 19.3 Å². The molecule has 30 heavy (non-hydrogen) atoms. The summed E-state index contributed by atoms with van der Waals surface area (Å²) in [4.78, 5) is 38.7. The second kappa shape index (κ2) is 9.21. The largest absolute Gasteiger partial charge is 0.352 e. The topological polar surface area (TPSA) is 101 Å². The maximum Gasteiger partial charge on any atom is 0.261 e. The molecule has 0 fully saturated rings. The Kier molecular flexibility index (Phi) is 6.66. The number of carbonyl (C=O) groups excluding carboxylic acids is 3. The van der Waals surface area contributed by atoms with Crippen LogP contribution in [0.2, 0.25) is 0 Å². The van der Waals surface area contributed by atoms with Gasteiger partial charge in [-0.15, -0.1) is 0 Å². The number of sulfone groups is 1. The van der Waals surface area contributed by atoms with E-state index in [1.54, 1.807) is 30.3 Å². The summed E-state index contributed by atoms with van der Waals surface area (Å²) >= 11 is 0. The molecule has 0 spiro atoms. The first-order valence-electron chi connectivity index (χ1n) is 9.91. The predicted octanol–water partition coefficient (Wildman–Crippen LogP) is 2.68. The van der Waals surface area contributed by atoms with Crippen molar-refractivity contribution in [3.8, 4) is 0 Å². The summed E-state index contributed by atoms with van der Waals surface area (Å²) in [7, 11) is -3.40. The van der Waals surface area contributed by atoms with Gasteiger partial charge in [0.2, 0.25) is 0 Å². The highest BCUT2D eigenvalue weighted by Crippen LogP contribution is 2.24. The Balaban J connectivity index is 1.58. The van der Waals surface area contributed by atoms with Crippen molar-refractivity contribution in [3.63, 3.8) is 0 Å². The van der Waals surface area contributed by atoms with Crippen LogP contribution < -0.4 is 5.32 Å². The molecule has 0 bridgehead atoms. The van der Waals surface area contributed by atoms with Gasteiger partial charge in [0, 0.05) is 18.7 Å². The Morgan fingerprint density at radius 3 is 2.37 bits per heavy atom. The number of imide groups is 1. The fraction of sp³-hybridized carbons (Fsp3) is 0.318. The number of hydrogen-bond acceptors (Lipinski definition) is 5. The summed E-state index contributed by atoms with van der Waals surface area (Å²) in [5.74, 6) is -1.21. The van der Waals surface area contributed by atoms with Crippen molar-refractivity contribution in [1.29, 1.82) is 0 Å². The molecule has 0 radical (unpaired) electrons. The first-order chi connectivity index (χ1) is 14.3. The van der Waals surface area contributed by atoms with Crippen LogP contribution >= 0.6 is 0 Å². The summed E-state index contributed by atoms with van der Waals surface area (Å²) in [6, 6.07) is 12.6. The first-order valence-corrected chi connectivity index (χ1v) is 11.6. The molecule has 8 heteroatoms. The molecule has 0 saturated carbocycles. The van der Waals surface area contributed by atoms with Crippen LogP contribution in [0.15, 0.2) is 53.4 Å². The van der Waals surface area contributed by atoms with Gasteiger partial charge in [-0.25, -0.2) is 8.42 Å². The second-order valence-electron chi connectivity index (χ2n) is 7.12. The van der Waals surface area contributed by atoms with E-state index < -0.39 is 15.7 Å². The molecule has 3 rings (SSSR count). The van der Waals surface area contributed by atoms with Gasteiger partial charge in [0.25, 0.3) is 17.7 Å². The van der Waals surface area contributed by atoms with Gasteiger partial charge in [-0.1, -0.05) is 31.5 Å². The van der Waals surface area contributed by atoms with E-state index in [-0.39, 0.29) is 46.6 Å². The zero-order valence-electron chi connectivity index (χ0n) is 16.8. The van der Waals surface area contributed by atoms with Crippen LogP contribution in [0.4, 0.5) is 0 Å². The van der Waals surface area contributed by atoms with Crippen molar-refractivity contribution in [3.05, 3.63) is 65.2 Å². The van der Waals surface area contributed by atoms with E-state index in [9.17, 15) is 22.8 Å². The van der Waals surface area contributed by atoms with Gasteiger partial charge in [0.15, 0.2) is 9.84 Å². The molecule has 2 aromatic rings. The Morgan fingerprint density at radius 2 is 1.67 bits per heavy atom. The minimum atomic E-state index is -3.40. The summed E-state index contributed by atoms with van der Waals surface area (Å²) in [5, 5.41) is 2.67. The van der Waals surface area contributed by atoms with Gasteiger partial charge in [0.05, 0.1) is 21.8 Å². The minimum absolute atomic E-state index is 0.0825. The number of nitrogens with one attached hydrogen (secondary N) is 1. The van der Waals surface area contributed by atoms with Gasteiger partial charge in [-0.05, 0) is 43.2 Å². The molecule has 1 N–H and O–H groups in total. The van der Waals surface area contributed by atoms with Gasteiger partial charge in [0.1, 0.15) is 0 Å². The standard InChI is InChI=1S/C22H24N2O5S/c1-2-3-13-24-21(26)18-11-10-16(15-19(18)22(24)27)20(25)23-12-7-14-30(28,29)17-8-5-4-6-9-17/h4-6,8-11,15H,2-3,7,12-14H2,1H3,(H,23,25). The summed E-state index contributed by atoms with van der Waals surface area (Å²) in [5.41, 5.74) is 0.801. The van der Waals surface area contributed by atoms with Crippen molar-refractivity contribution in [2.75, 3.05) is 18.8 Å². The Labute approximate surface area is 176 Å². The van der Waals surface area contributed by atoms with E-state index in [0.29, 0.717) is 12.1 Å². The molecule has 0 saturated heterocycles. The third kappa shape index (κ3) is 4.59. The number of nitrogens with zero attached hydrogens (tertiary/aromatic N) is 1. The molecule has 1 aliphatic rings. The summed E-state index contributed by atoms with van der Waals surface area (Å²) in [6.45, 7) is 2.52. The van der Waals surface area contributed by atoms with Gasteiger partial charge in [-0.2, -0.15) is 0 Å². The molecule has 0 unspecified atom stereocenters. The van der Waals surface area contributed by atoms with E-state index in [2.05, 4.69) is 5.32 Å². The van der Waals surface area contributed by atoms with Crippen LogP contribution in [-0.4, -0.2) is 49.9 Å². The van der Waals surface area contributed by atoms with Crippen LogP contribution in [-0.2, 0) is 9.84 Å². The van der Waals surface area contributed by atoms with E-state index in [1.807, 2.05) is 6.92 Å². The highest BCUT2D eigenvalue weighted by atomic mass is 32.2. The number of carbonyl (C=O) groups is 3. The van der Waals surface area contributed by atoms with E-state index in [0.717, 1.165) is 12.8 Å². The lowest BCUT2D eigenvalue weighted by Gasteiger charge is -2.12. The summed E-state index contributed by atoms with van der Waals surface area (Å²) in [6.07, 6.45) is 1.85. The minimum Gasteiger partial charge on any atom is -0.352 e. The third-order valence-corrected chi connectivity index (χ3v) is 6.76. The number of hydrogen-bond donors (Lipinski definition) is 1. The maximum atomic E-state index is 12.5. The van der Waals surface area contributed by atoms with E-state index in [4.69, 9.17) is 0 Å². The summed E-state index contributed by atoms with van der Waals surface area (Å²) < 4.78 is 24.5. The molecule has 158 valence electrons. The van der Waals surface area contributed by atoms with Crippen molar-refractivity contribution < 1.29 is 22.8 Å². The molecule has 3 amide bonds. The van der Waals surface area contributed by atoms with Crippen molar-refractivity contribution in [2.45, 2.75) is 31.1 Å². The lowest BCUT2D eigenvalue weighted by molar-refractivity contribution is 0.0652. The number of amides is 3. The molecule has 1 heterocycles. The first kappa shape index (κ1) is 21.7. The average Bonchev–Trinajstić information content (AvgIpc) is 2.99. The number of unbranched alkanes of at least 4 members (excludes halogenated alkanes) is 1. The molecular formula is C22H24N2O5S. The molecule has 0 aliphatic carbocycles. The fourth-order valence-electron chi connectivity index (χ4n) is 3.26. The third-order valence-electron chi connectivity index (χ3n) is 4.95. The Morgan fingerprint density at radius 1 is 0.967 bits per heavy atom. The fourth-order valence-corrected chi connectivity index (χ4v) is 4.60. The predicted molar refractivity (Wildman–Crippen MR) is 112 cm³/mol. The van der Waals surface area contributed by atoms with Gasteiger partial charge < -0.3 is 5.32 Å². The maximum absolute atomic E-state index is 12.5. The van der Waals surface area contributed by atoms with Crippen LogP contribution in [0.5, 0.6) is 0 Å². The highest BCUT2D eigenvalue weighted by Gasteiger charge is 2.35. The normalized spacial score (nSPS) is 13.4. The molecular weight excluding hydrogens is 404 g/mol. The zero-order valence-corrected chi connectivity index (χ0v) is 17.6. The van der Waals surface area contributed by atoms with Crippen molar-refractivity contribution in [1.82, 2.24) is 10.2 Å². The molecule has 7 nitrogen and oxygen atoms in total. The Hall–Kier alpha value is -3.00. The zero-order chi connectivity index (χ0) is 21.7. The Bertz CT molecular complexity index is 1060. The van der Waals surface area contributed by atoms with E-state index in [1.165, 1.54) is 23.1 Å². The molecule has 1 aliphatic heterocycles. The lowest BCUT2D eigenvalue weighted by atomic mass is 10.1. The molecule has 2 aromatic carbocycles. The highest BCUT2D eigenvalue weighted by molar-refractivity contribution is 7.91. The lowest BCUT2D eigenvalue weighted by Crippen LogP contribution is -2.30. The number of rotatable bonds is 9. The molecule has 0 atom stereocenters.